The molecule has 1 aromatic rings. The summed E-state index contributed by atoms with van der Waals surface area (Å²) in [7, 11) is 0. The topological polar surface area (TPSA) is 26.3 Å². The lowest BCUT2D eigenvalue weighted by atomic mass is 10.1. The Morgan fingerprint density at radius 2 is 2.12 bits per heavy atom. The molecule has 0 radical (unpaired) electrons. The van der Waals surface area contributed by atoms with Crippen molar-refractivity contribution < 1.29 is 9.53 Å². The van der Waals surface area contributed by atoms with Crippen molar-refractivity contribution in [2.24, 2.45) is 5.92 Å². The van der Waals surface area contributed by atoms with Gasteiger partial charge in [0.15, 0.2) is 5.78 Å². The predicted octanol–water partition coefficient (Wildman–Crippen LogP) is 4.08. The van der Waals surface area contributed by atoms with Crippen molar-refractivity contribution in [3.8, 4) is 5.75 Å². The molecule has 3 heteroatoms. The van der Waals surface area contributed by atoms with E-state index in [1.54, 1.807) is 19.1 Å². The van der Waals surface area contributed by atoms with Crippen molar-refractivity contribution in [1.82, 2.24) is 0 Å². The Balaban J connectivity index is 2.64. The molecule has 0 aliphatic carbocycles. The first kappa shape index (κ1) is 13.2. The first-order valence-corrected chi connectivity index (χ1v) is 6.23. The molecule has 1 aromatic carbocycles. The van der Waals surface area contributed by atoms with Crippen molar-refractivity contribution >= 4 is 21.7 Å². The molecule has 0 aromatic heterocycles. The standard InChI is InChI=1S/C13H17BrO2/c1-9(2)6-7-16-13-5-4-11(10(3)15)8-12(13)14/h4-5,8-9H,6-7H2,1-3H3. The Morgan fingerprint density at radius 3 is 2.62 bits per heavy atom. The van der Waals surface area contributed by atoms with Gasteiger partial charge < -0.3 is 4.74 Å². The van der Waals surface area contributed by atoms with Crippen LogP contribution in [-0.2, 0) is 0 Å². The maximum atomic E-state index is 11.2. The van der Waals surface area contributed by atoms with E-state index in [0.29, 0.717) is 18.1 Å². The zero-order valence-corrected chi connectivity index (χ0v) is 11.5. The quantitative estimate of drug-likeness (QED) is 0.762. The van der Waals surface area contributed by atoms with Crippen LogP contribution in [0.4, 0.5) is 0 Å². The summed E-state index contributed by atoms with van der Waals surface area (Å²) in [6, 6.07) is 5.42. The third-order valence-corrected chi connectivity index (χ3v) is 2.91. The minimum Gasteiger partial charge on any atom is -0.492 e. The largest absolute Gasteiger partial charge is 0.492 e. The molecule has 0 saturated carbocycles. The molecule has 88 valence electrons. The van der Waals surface area contributed by atoms with Gasteiger partial charge >= 0.3 is 0 Å². The Bertz CT molecular complexity index is 372. The van der Waals surface area contributed by atoms with Gasteiger partial charge in [-0.15, -0.1) is 0 Å². The van der Waals surface area contributed by atoms with Crippen LogP contribution in [0, 0.1) is 5.92 Å². The molecule has 0 saturated heterocycles. The van der Waals surface area contributed by atoms with E-state index in [4.69, 9.17) is 4.74 Å². The summed E-state index contributed by atoms with van der Waals surface area (Å²) < 4.78 is 6.46. The number of benzene rings is 1. The lowest BCUT2D eigenvalue weighted by molar-refractivity contribution is 0.101. The zero-order chi connectivity index (χ0) is 12.1. The van der Waals surface area contributed by atoms with E-state index in [1.807, 2.05) is 6.07 Å². The van der Waals surface area contributed by atoms with Crippen molar-refractivity contribution in [2.75, 3.05) is 6.61 Å². The molecule has 0 aliphatic rings. The first-order chi connectivity index (χ1) is 7.50. The van der Waals surface area contributed by atoms with E-state index in [9.17, 15) is 4.79 Å². The Morgan fingerprint density at radius 1 is 1.44 bits per heavy atom. The molecule has 0 bridgehead atoms. The highest BCUT2D eigenvalue weighted by Crippen LogP contribution is 2.26. The van der Waals surface area contributed by atoms with Gasteiger partial charge in [-0.3, -0.25) is 4.79 Å². The number of carbonyl (C=O) groups excluding carboxylic acids is 1. The van der Waals surface area contributed by atoms with Crippen LogP contribution in [0.15, 0.2) is 22.7 Å². The molecule has 0 N–H and O–H groups in total. The van der Waals surface area contributed by atoms with Gasteiger partial charge in [-0.2, -0.15) is 0 Å². The molecule has 0 amide bonds. The van der Waals surface area contributed by atoms with Gasteiger partial charge in [0, 0.05) is 5.56 Å². The number of carbonyl (C=O) groups is 1. The highest BCUT2D eigenvalue weighted by molar-refractivity contribution is 9.10. The van der Waals surface area contributed by atoms with Gasteiger partial charge in [-0.1, -0.05) is 13.8 Å². The summed E-state index contributed by atoms with van der Waals surface area (Å²) >= 11 is 3.41. The molecule has 0 aliphatic heterocycles. The van der Waals surface area contributed by atoms with E-state index in [1.165, 1.54) is 0 Å². The van der Waals surface area contributed by atoms with Crippen molar-refractivity contribution in [2.45, 2.75) is 27.2 Å². The second kappa shape index (κ2) is 6.04. The summed E-state index contributed by atoms with van der Waals surface area (Å²) in [6.45, 7) is 6.59. The van der Waals surface area contributed by atoms with Gasteiger partial charge in [-0.25, -0.2) is 0 Å². The number of ether oxygens (including phenoxy) is 1. The third-order valence-electron chi connectivity index (χ3n) is 2.29. The van der Waals surface area contributed by atoms with Crippen LogP contribution in [0.5, 0.6) is 5.75 Å². The predicted molar refractivity (Wildman–Crippen MR) is 69.1 cm³/mol. The summed E-state index contributed by atoms with van der Waals surface area (Å²) in [6.07, 6.45) is 1.03. The van der Waals surface area contributed by atoms with Crippen LogP contribution in [0.3, 0.4) is 0 Å². The molecular weight excluding hydrogens is 268 g/mol. The summed E-state index contributed by atoms with van der Waals surface area (Å²) in [5, 5.41) is 0. The molecular formula is C13H17BrO2. The highest BCUT2D eigenvalue weighted by atomic mass is 79.9. The second-order valence-electron chi connectivity index (χ2n) is 4.23. The van der Waals surface area contributed by atoms with Crippen molar-refractivity contribution in [3.63, 3.8) is 0 Å². The fourth-order valence-electron chi connectivity index (χ4n) is 1.24. The monoisotopic (exact) mass is 284 g/mol. The van der Waals surface area contributed by atoms with Gasteiger partial charge in [0.05, 0.1) is 11.1 Å². The maximum absolute atomic E-state index is 11.2. The Labute approximate surface area is 105 Å². The summed E-state index contributed by atoms with van der Waals surface area (Å²) in [4.78, 5) is 11.2. The zero-order valence-electron chi connectivity index (χ0n) is 9.92. The molecule has 0 heterocycles. The van der Waals surface area contributed by atoms with Crippen LogP contribution in [-0.4, -0.2) is 12.4 Å². The summed E-state index contributed by atoms with van der Waals surface area (Å²) in [5.41, 5.74) is 0.697. The molecule has 0 fully saturated rings. The van der Waals surface area contributed by atoms with Gasteiger partial charge in [0.25, 0.3) is 0 Å². The molecule has 0 spiro atoms. The average molecular weight is 285 g/mol. The number of Topliss-reactive ketones (excluding diaryl/α,β-unsaturated/α-hetero) is 1. The Kier molecular flexibility index (Phi) is 5.00. The molecule has 2 nitrogen and oxygen atoms in total. The molecule has 1 rings (SSSR count). The first-order valence-electron chi connectivity index (χ1n) is 5.44. The fraction of sp³-hybridized carbons (Fsp3) is 0.462. The van der Waals surface area contributed by atoms with Gasteiger partial charge in [0.1, 0.15) is 5.75 Å². The lowest BCUT2D eigenvalue weighted by Crippen LogP contribution is -2.02. The number of rotatable bonds is 5. The summed E-state index contributed by atoms with van der Waals surface area (Å²) in [5.74, 6) is 1.50. The van der Waals surface area contributed by atoms with Crippen LogP contribution >= 0.6 is 15.9 Å². The van der Waals surface area contributed by atoms with Crippen molar-refractivity contribution in [1.29, 1.82) is 0 Å². The molecule has 16 heavy (non-hydrogen) atoms. The SMILES string of the molecule is CC(=O)c1ccc(OCCC(C)C)c(Br)c1. The molecule has 0 atom stereocenters. The minimum atomic E-state index is 0.0643. The second-order valence-corrected chi connectivity index (χ2v) is 5.09. The van der Waals surface area contributed by atoms with Crippen molar-refractivity contribution in [3.05, 3.63) is 28.2 Å². The maximum Gasteiger partial charge on any atom is 0.159 e. The van der Waals surface area contributed by atoms with Crippen LogP contribution < -0.4 is 4.74 Å². The Hall–Kier alpha value is -0.830. The van der Waals surface area contributed by atoms with E-state index < -0.39 is 0 Å². The van der Waals surface area contributed by atoms with E-state index in [0.717, 1.165) is 16.6 Å². The fourth-order valence-corrected chi connectivity index (χ4v) is 1.73. The highest BCUT2D eigenvalue weighted by Gasteiger charge is 2.05. The number of halogens is 1. The number of ketones is 1. The van der Waals surface area contributed by atoms with E-state index >= 15 is 0 Å². The number of hydrogen-bond acceptors (Lipinski definition) is 2. The minimum absolute atomic E-state index is 0.0643. The van der Waals surface area contributed by atoms with Crippen LogP contribution in [0.2, 0.25) is 0 Å². The van der Waals surface area contributed by atoms with E-state index in [2.05, 4.69) is 29.8 Å². The third kappa shape index (κ3) is 3.97. The number of hydrogen-bond donors (Lipinski definition) is 0. The van der Waals surface area contributed by atoms with Gasteiger partial charge in [-0.05, 0) is 53.4 Å². The van der Waals surface area contributed by atoms with Crippen LogP contribution in [0.25, 0.3) is 0 Å². The normalized spacial score (nSPS) is 10.6. The van der Waals surface area contributed by atoms with Gasteiger partial charge in [0.2, 0.25) is 0 Å². The molecule has 0 unspecified atom stereocenters. The van der Waals surface area contributed by atoms with Crippen LogP contribution in [0.1, 0.15) is 37.6 Å². The van der Waals surface area contributed by atoms with E-state index in [-0.39, 0.29) is 5.78 Å². The smallest absolute Gasteiger partial charge is 0.159 e. The average Bonchev–Trinajstić information content (AvgIpc) is 2.19. The lowest BCUT2D eigenvalue weighted by Gasteiger charge is -2.10.